The molecule has 0 aliphatic heterocycles. The summed E-state index contributed by atoms with van der Waals surface area (Å²) in [6.45, 7) is 1.94. The summed E-state index contributed by atoms with van der Waals surface area (Å²) in [5.74, 6) is 0. The van der Waals surface area contributed by atoms with Crippen LogP contribution >= 0.6 is 11.3 Å². The molecule has 0 saturated heterocycles. The predicted octanol–water partition coefficient (Wildman–Crippen LogP) is 2.26. The van der Waals surface area contributed by atoms with Gasteiger partial charge >= 0.3 is 0 Å². The van der Waals surface area contributed by atoms with Crippen molar-refractivity contribution >= 4 is 11.3 Å². The molecule has 0 bridgehead atoms. The van der Waals surface area contributed by atoms with Crippen molar-refractivity contribution in [3.63, 3.8) is 0 Å². The summed E-state index contributed by atoms with van der Waals surface area (Å²) < 4.78 is 0. The molecule has 0 atom stereocenters. The van der Waals surface area contributed by atoms with Gasteiger partial charge in [0.05, 0.1) is 5.69 Å². The standard InChI is InChI=1S/C11H11N3O3S/c1-8-10(4-6-17-14(15)16)18-11(13-8)9-3-2-5-12-7-9/h2-3,5,7H,4,6H2,1H3. The Bertz CT molecular complexity index is 542. The van der Waals surface area contributed by atoms with E-state index in [9.17, 15) is 10.1 Å². The van der Waals surface area contributed by atoms with Gasteiger partial charge in [0.15, 0.2) is 0 Å². The molecule has 6 nitrogen and oxygen atoms in total. The molecule has 2 rings (SSSR count). The molecular formula is C11H11N3O3S. The van der Waals surface area contributed by atoms with Crippen LogP contribution < -0.4 is 0 Å². The van der Waals surface area contributed by atoms with E-state index in [4.69, 9.17) is 0 Å². The van der Waals surface area contributed by atoms with Crippen molar-refractivity contribution < 1.29 is 9.92 Å². The number of aryl methyl sites for hydroxylation is 1. The average Bonchev–Trinajstić information content (AvgIpc) is 2.72. The first-order valence-corrected chi connectivity index (χ1v) is 6.12. The van der Waals surface area contributed by atoms with E-state index in [0.717, 1.165) is 21.1 Å². The van der Waals surface area contributed by atoms with Gasteiger partial charge in [0.25, 0.3) is 5.09 Å². The third-order valence-corrected chi connectivity index (χ3v) is 3.59. The molecule has 2 heterocycles. The van der Waals surface area contributed by atoms with E-state index in [0.29, 0.717) is 6.42 Å². The molecule has 18 heavy (non-hydrogen) atoms. The number of rotatable bonds is 5. The van der Waals surface area contributed by atoms with Gasteiger partial charge in [0, 0.05) is 29.3 Å². The van der Waals surface area contributed by atoms with E-state index < -0.39 is 5.09 Å². The maximum atomic E-state index is 10.1. The molecule has 0 aromatic carbocycles. The van der Waals surface area contributed by atoms with Crippen molar-refractivity contribution in [1.29, 1.82) is 0 Å². The first-order chi connectivity index (χ1) is 8.66. The summed E-state index contributed by atoms with van der Waals surface area (Å²) in [5.41, 5.74) is 1.83. The second kappa shape index (κ2) is 5.54. The van der Waals surface area contributed by atoms with Gasteiger partial charge in [0.1, 0.15) is 11.6 Å². The normalized spacial score (nSPS) is 10.3. The first kappa shape index (κ1) is 12.4. The van der Waals surface area contributed by atoms with E-state index >= 15 is 0 Å². The minimum atomic E-state index is -0.779. The molecule has 0 unspecified atom stereocenters. The molecule has 2 aromatic heterocycles. The van der Waals surface area contributed by atoms with Gasteiger partial charge in [-0.3, -0.25) is 4.98 Å². The highest BCUT2D eigenvalue weighted by Gasteiger charge is 2.09. The van der Waals surface area contributed by atoms with E-state index in [1.165, 1.54) is 11.3 Å². The van der Waals surface area contributed by atoms with Gasteiger partial charge in [-0.25, -0.2) is 4.98 Å². The van der Waals surface area contributed by atoms with Crippen LogP contribution in [0, 0.1) is 17.0 Å². The Hall–Kier alpha value is -2.02. The summed E-state index contributed by atoms with van der Waals surface area (Å²) >= 11 is 1.51. The third-order valence-electron chi connectivity index (χ3n) is 2.33. The summed E-state index contributed by atoms with van der Waals surface area (Å²) in [4.78, 5) is 23.8. The fraction of sp³-hybridized carbons (Fsp3) is 0.273. The third kappa shape index (κ3) is 3.01. The fourth-order valence-corrected chi connectivity index (χ4v) is 2.52. The first-order valence-electron chi connectivity index (χ1n) is 5.31. The number of hydrogen-bond donors (Lipinski definition) is 0. The predicted molar refractivity (Wildman–Crippen MR) is 66.7 cm³/mol. The average molecular weight is 265 g/mol. The monoisotopic (exact) mass is 265 g/mol. The molecular weight excluding hydrogens is 254 g/mol. The van der Waals surface area contributed by atoms with E-state index in [1.54, 1.807) is 12.4 Å². The van der Waals surface area contributed by atoms with Crippen LogP contribution in [-0.2, 0) is 11.3 Å². The smallest absolute Gasteiger partial charge is 0.294 e. The number of pyridine rings is 1. The largest absolute Gasteiger partial charge is 0.314 e. The number of hydrogen-bond acceptors (Lipinski definition) is 6. The number of aromatic nitrogens is 2. The molecule has 94 valence electrons. The lowest BCUT2D eigenvalue weighted by Gasteiger charge is -1.96. The highest BCUT2D eigenvalue weighted by molar-refractivity contribution is 7.15. The Kier molecular flexibility index (Phi) is 3.83. The molecule has 0 spiro atoms. The van der Waals surface area contributed by atoms with E-state index in [2.05, 4.69) is 14.8 Å². The minimum Gasteiger partial charge on any atom is -0.314 e. The summed E-state index contributed by atoms with van der Waals surface area (Å²) in [7, 11) is 0. The van der Waals surface area contributed by atoms with Crippen molar-refractivity contribution in [1.82, 2.24) is 9.97 Å². The van der Waals surface area contributed by atoms with Crippen LogP contribution in [0.2, 0.25) is 0 Å². The van der Waals surface area contributed by atoms with Gasteiger partial charge < -0.3 is 4.84 Å². The van der Waals surface area contributed by atoms with Crippen LogP contribution in [0.3, 0.4) is 0 Å². The number of thiazole rings is 1. The Morgan fingerprint density at radius 2 is 2.39 bits per heavy atom. The maximum Gasteiger partial charge on any atom is 0.294 e. The summed E-state index contributed by atoms with van der Waals surface area (Å²) in [5, 5.41) is 10.2. The zero-order valence-electron chi connectivity index (χ0n) is 9.70. The highest BCUT2D eigenvalue weighted by atomic mass is 32.1. The molecule has 0 N–H and O–H groups in total. The molecule has 0 aliphatic carbocycles. The van der Waals surface area contributed by atoms with Crippen molar-refractivity contribution in [2.75, 3.05) is 6.61 Å². The lowest BCUT2D eigenvalue weighted by atomic mass is 10.3. The Labute approximate surface area is 107 Å². The van der Waals surface area contributed by atoms with Gasteiger partial charge in [-0.05, 0) is 19.1 Å². The lowest BCUT2D eigenvalue weighted by Crippen LogP contribution is -2.04. The van der Waals surface area contributed by atoms with Gasteiger partial charge in [-0.1, -0.05) is 0 Å². The molecule has 2 aromatic rings. The van der Waals surface area contributed by atoms with Crippen LogP contribution in [0.1, 0.15) is 10.6 Å². The molecule has 0 saturated carbocycles. The minimum absolute atomic E-state index is 0.0580. The Balaban J connectivity index is 2.10. The van der Waals surface area contributed by atoms with Crippen LogP contribution in [0.15, 0.2) is 24.5 Å². The van der Waals surface area contributed by atoms with Crippen LogP contribution in [-0.4, -0.2) is 21.7 Å². The summed E-state index contributed by atoms with van der Waals surface area (Å²) in [6, 6.07) is 3.78. The maximum absolute atomic E-state index is 10.1. The zero-order chi connectivity index (χ0) is 13.0. The number of nitrogens with zero attached hydrogens (tertiary/aromatic N) is 3. The van der Waals surface area contributed by atoms with Gasteiger partial charge in [-0.15, -0.1) is 21.5 Å². The lowest BCUT2D eigenvalue weighted by molar-refractivity contribution is -0.757. The molecule has 0 radical (unpaired) electrons. The van der Waals surface area contributed by atoms with Crippen molar-refractivity contribution in [2.24, 2.45) is 0 Å². The van der Waals surface area contributed by atoms with Crippen LogP contribution in [0.4, 0.5) is 0 Å². The second-order valence-electron chi connectivity index (χ2n) is 3.58. The van der Waals surface area contributed by atoms with Gasteiger partial charge in [-0.2, -0.15) is 0 Å². The van der Waals surface area contributed by atoms with E-state index in [-0.39, 0.29) is 6.61 Å². The Morgan fingerprint density at radius 1 is 1.56 bits per heavy atom. The van der Waals surface area contributed by atoms with Crippen molar-refractivity contribution in [3.05, 3.63) is 45.2 Å². The highest BCUT2D eigenvalue weighted by Crippen LogP contribution is 2.27. The molecule has 0 amide bonds. The van der Waals surface area contributed by atoms with Gasteiger partial charge in [0.2, 0.25) is 0 Å². The summed E-state index contributed by atoms with van der Waals surface area (Å²) in [6.07, 6.45) is 3.94. The zero-order valence-corrected chi connectivity index (χ0v) is 10.5. The quantitative estimate of drug-likeness (QED) is 0.612. The van der Waals surface area contributed by atoms with Crippen molar-refractivity contribution in [2.45, 2.75) is 13.3 Å². The Morgan fingerprint density at radius 3 is 3.06 bits per heavy atom. The molecule has 7 heteroatoms. The van der Waals surface area contributed by atoms with Crippen LogP contribution in [0.25, 0.3) is 10.6 Å². The van der Waals surface area contributed by atoms with E-state index in [1.807, 2.05) is 19.1 Å². The fourth-order valence-electron chi connectivity index (χ4n) is 1.49. The molecule has 0 aliphatic rings. The molecule has 0 fully saturated rings. The van der Waals surface area contributed by atoms with Crippen LogP contribution in [0.5, 0.6) is 0 Å². The topological polar surface area (TPSA) is 78.2 Å². The SMILES string of the molecule is Cc1nc(-c2cccnc2)sc1CCO[N+](=O)[O-]. The van der Waals surface area contributed by atoms with Crippen molar-refractivity contribution in [3.8, 4) is 10.6 Å². The second-order valence-corrected chi connectivity index (χ2v) is 4.66.